The van der Waals surface area contributed by atoms with Crippen molar-refractivity contribution in [2.24, 2.45) is 0 Å². The molecule has 4 aromatic rings. The van der Waals surface area contributed by atoms with Gasteiger partial charge >= 0.3 is 17.1 Å². The first-order chi connectivity index (χ1) is 15.8. The van der Waals surface area contributed by atoms with Gasteiger partial charge in [0.2, 0.25) is 0 Å². The number of para-hydroxylation sites is 1. The van der Waals surface area contributed by atoms with Crippen LogP contribution < -0.4 is 20.1 Å². The van der Waals surface area contributed by atoms with Crippen LogP contribution in [0.15, 0.2) is 72.8 Å². The summed E-state index contributed by atoms with van der Waals surface area (Å²) in [5, 5.41) is 33.7. The molecule has 0 bridgehead atoms. The van der Waals surface area contributed by atoms with Gasteiger partial charge in [-0.15, -0.1) is 0 Å². The fourth-order valence-corrected chi connectivity index (χ4v) is 3.18. The van der Waals surface area contributed by atoms with Crippen LogP contribution in [-0.4, -0.2) is 23.0 Å². The van der Waals surface area contributed by atoms with Crippen LogP contribution in [0.2, 0.25) is 0 Å². The summed E-state index contributed by atoms with van der Waals surface area (Å²) in [5.41, 5.74) is 4.38. The number of carboxylic acids is 1. The monoisotopic (exact) mass is 496 g/mol. The first kappa shape index (κ1) is 26.4. The van der Waals surface area contributed by atoms with Gasteiger partial charge in [-0.3, -0.25) is 0 Å². The molecule has 0 radical (unpaired) electrons. The van der Waals surface area contributed by atoms with Gasteiger partial charge in [0.05, 0.1) is 29.9 Å². The summed E-state index contributed by atoms with van der Waals surface area (Å²) >= 11 is 0. The van der Waals surface area contributed by atoms with Gasteiger partial charge in [-0.25, -0.2) is 9.97 Å². The van der Waals surface area contributed by atoms with E-state index in [0.29, 0.717) is 33.9 Å². The SMILES string of the molecule is CC(=O)[O-].COc1cccc(-c2cccc(-c3cccc(-c4cc(C)ccc4[O-])n3)n2)c1[O-].[Mn+3]. The van der Waals surface area contributed by atoms with E-state index in [1.807, 2.05) is 37.3 Å². The molecule has 0 spiro atoms. The molecule has 0 aliphatic heterocycles. The molecule has 34 heavy (non-hydrogen) atoms. The molecule has 0 aliphatic rings. The third kappa shape index (κ3) is 6.34. The second kappa shape index (κ2) is 11.8. The van der Waals surface area contributed by atoms with E-state index in [1.54, 1.807) is 42.5 Å². The zero-order chi connectivity index (χ0) is 24.0. The number of carboxylic acid groups (broad SMARTS) is 1. The summed E-state index contributed by atoms with van der Waals surface area (Å²) in [7, 11) is 1.47. The van der Waals surface area contributed by atoms with Crippen LogP contribution in [0, 0.1) is 6.92 Å². The largest absolute Gasteiger partial charge is 3.00 e. The average molecular weight is 496 g/mol. The summed E-state index contributed by atoms with van der Waals surface area (Å²) in [6.07, 6.45) is 0. The maximum Gasteiger partial charge on any atom is 3.00 e. The first-order valence-electron chi connectivity index (χ1n) is 10.0. The molecule has 0 saturated heterocycles. The molecule has 2 aromatic carbocycles. The van der Waals surface area contributed by atoms with E-state index in [2.05, 4.69) is 9.97 Å². The predicted molar refractivity (Wildman–Crippen MR) is 119 cm³/mol. The van der Waals surface area contributed by atoms with Gasteiger partial charge in [0.25, 0.3) is 0 Å². The molecule has 0 unspecified atom stereocenters. The number of carbonyl (C=O) groups is 1. The number of rotatable bonds is 4. The zero-order valence-corrected chi connectivity index (χ0v) is 19.9. The molecule has 2 heterocycles. The zero-order valence-electron chi connectivity index (χ0n) is 18.7. The molecule has 172 valence electrons. The molecule has 0 amide bonds. The Hall–Kier alpha value is -3.87. The maximum atomic E-state index is 12.5. The minimum Gasteiger partial charge on any atom is -0.872 e. The number of aromatic nitrogens is 2. The van der Waals surface area contributed by atoms with Crippen molar-refractivity contribution in [2.45, 2.75) is 13.8 Å². The fraction of sp³-hybridized carbons (Fsp3) is 0.115. The normalized spacial score (nSPS) is 9.85. The minimum atomic E-state index is -1.08. The van der Waals surface area contributed by atoms with E-state index in [0.717, 1.165) is 12.5 Å². The third-order valence-electron chi connectivity index (χ3n) is 4.65. The summed E-state index contributed by atoms with van der Waals surface area (Å²) < 4.78 is 5.13. The van der Waals surface area contributed by atoms with E-state index in [9.17, 15) is 10.2 Å². The van der Waals surface area contributed by atoms with E-state index < -0.39 is 5.97 Å². The number of methoxy groups -OCH3 is 1. The number of aryl methyl sites for hydroxylation is 1. The second-order valence-electron chi connectivity index (χ2n) is 7.14. The number of hydrogen-bond acceptors (Lipinski definition) is 7. The maximum absolute atomic E-state index is 12.5. The van der Waals surface area contributed by atoms with Crippen molar-refractivity contribution in [3.63, 3.8) is 0 Å². The number of nitrogens with zero attached hydrogens (tertiary/aromatic N) is 2. The van der Waals surface area contributed by atoms with Gasteiger partial charge < -0.3 is 24.9 Å². The number of ether oxygens (including phenoxy) is 1. The summed E-state index contributed by atoms with van der Waals surface area (Å²) in [4.78, 5) is 18.2. The molecule has 2 aromatic heterocycles. The van der Waals surface area contributed by atoms with Crippen LogP contribution in [0.5, 0.6) is 17.2 Å². The van der Waals surface area contributed by atoms with Crippen molar-refractivity contribution in [3.05, 3.63) is 78.4 Å². The summed E-state index contributed by atoms with van der Waals surface area (Å²) in [6.45, 7) is 2.91. The standard InChI is InChI=1S/C24H20N2O3.C2H4O2.Mn/c1-15-12-13-22(27)17(14-15)19-8-5-10-21(26-19)20-9-4-7-18(25-20)16-6-3-11-23(29-2)24(16)28;1-2(3)4;/h3-14,27-28H,1-2H3;1H3,(H,3,4);/q;;+3/p-3. The van der Waals surface area contributed by atoms with Crippen LogP contribution in [0.4, 0.5) is 0 Å². The Balaban J connectivity index is 0.000000758. The van der Waals surface area contributed by atoms with Gasteiger partial charge in [0.15, 0.2) is 0 Å². The van der Waals surface area contributed by atoms with Gasteiger partial charge in [-0.1, -0.05) is 59.5 Å². The van der Waals surface area contributed by atoms with Crippen LogP contribution >= 0.6 is 0 Å². The molecule has 0 aliphatic carbocycles. The molecule has 0 fully saturated rings. The Bertz CT molecular complexity index is 1290. The van der Waals surface area contributed by atoms with Crippen molar-refractivity contribution in [3.8, 4) is 51.2 Å². The van der Waals surface area contributed by atoms with Gasteiger partial charge in [0.1, 0.15) is 5.75 Å². The van der Waals surface area contributed by atoms with E-state index in [-0.39, 0.29) is 34.3 Å². The molecule has 0 N–H and O–H groups in total. The molecular weight excluding hydrogens is 475 g/mol. The Morgan fingerprint density at radius 1 is 0.794 bits per heavy atom. The van der Waals surface area contributed by atoms with Crippen LogP contribution in [0.1, 0.15) is 12.5 Å². The number of carbonyl (C=O) groups excluding carboxylic acids is 1. The van der Waals surface area contributed by atoms with Crippen molar-refractivity contribution >= 4 is 5.97 Å². The number of hydrogen-bond donors (Lipinski definition) is 0. The van der Waals surface area contributed by atoms with E-state index in [4.69, 9.17) is 14.6 Å². The van der Waals surface area contributed by atoms with E-state index >= 15 is 0 Å². The van der Waals surface area contributed by atoms with E-state index in [1.165, 1.54) is 7.11 Å². The number of pyridine rings is 2. The average Bonchev–Trinajstić information content (AvgIpc) is 2.80. The Labute approximate surface area is 208 Å². The number of benzene rings is 2. The quantitative estimate of drug-likeness (QED) is 0.398. The van der Waals surface area contributed by atoms with Gasteiger partial charge in [-0.2, -0.15) is 0 Å². The fourth-order valence-electron chi connectivity index (χ4n) is 3.18. The molecule has 7 nitrogen and oxygen atoms in total. The topological polar surface area (TPSA) is 121 Å². The Morgan fingerprint density at radius 3 is 1.85 bits per heavy atom. The van der Waals surface area contributed by atoms with Crippen LogP contribution in [-0.2, 0) is 21.9 Å². The van der Waals surface area contributed by atoms with Crippen LogP contribution in [0.25, 0.3) is 33.9 Å². The Morgan fingerprint density at radius 2 is 1.29 bits per heavy atom. The van der Waals surface area contributed by atoms with Gasteiger partial charge in [-0.05, 0) is 55.3 Å². The van der Waals surface area contributed by atoms with Crippen molar-refractivity contribution < 1.29 is 41.9 Å². The molecule has 4 rings (SSSR count). The molecular formula is C26H21MnN2O5. The van der Waals surface area contributed by atoms with Crippen molar-refractivity contribution in [1.29, 1.82) is 0 Å². The molecule has 0 saturated carbocycles. The van der Waals surface area contributed by atoms with Crippen molar-refractivity contribution in [2.75, 3.05) is 7.11 Å². The smallest absolute Gasteiger partial charge is 0.872 e. The van der Waals surface area contributed by atoms with Gasteiger partial charge in [0, 0.05) is 5.97 Å². The first-order valence-corrected chi connectivity index (χ1v) is 10.0. The summed E-state index contributed by atoms with van der Waals surface area (Å²) in [6, 6.07) is 21.2. The Kier molecular flexibility index (Phi) is 9.18. The molecule has 8 heteroatoms. The summed E-state index contributed by atoms with van der Waals surface area (Å²) in [5.74, 6) is -1.09. The minimum absolute atomic E-state index is 0. The third-order valence-corrected chi connectivity index (χ3v) is 4.65. The van der Waals surface area contributed by atoms with Crippen molar-refractivity contribution in [1.82, 2.24) is 9.97 Å². The predicted octanol–water partition coefficient (Wildman–Crippen LogP) is 2.70. The number of aliphatic carboxylic acids is 1. The molecule has 0 atom stereocenters. The second-order valence-corrected chi connectivity index (χ2v) is 7.14. The van der Waals surface area contributed by atoms with Crippen LogP contribution in [0.3, 0.4) is 0 Å².